The van der Waals surface area contributed by atoms with E-state index in [1.165, 1.54) is 6.08 Å². The number of rotatable bonds is 4. The zero-order valence-corrected chi connectivity index (χ0v) is 13.0. The third-order valence-corrected chi connectivity index (χ3v) is 3.93. The second-order valence-corrected chi connectivity index (χ2v) is 5.47. The lowest BCUT2D eigenvalue weighted by molar-refractivity contribution is -0.135. The molecule has 0 aromatic heterocycles. The summed E-state index contributed by atoms with van der Waals surface area (Å²) >= 11 is 0. The lowest BCUT2D eigenvalue weighted by Crippen LogP contribution is -2.43. The fourth-order valence-corrected chi connectivity index (χ4v) is 2.57. The number of carbonyl (C=O) groups is 2. The first-order chi connectivity index (χ1) is 10.5. The minimum atomic E-state index is -0.923. The molecule has 2 amide bonds. The van der Waals surface area contributed by atoms with E-state index < -0.39 is 36.2 Å². The van der Waals surface area contributed by atoms with Gasteiger partial charge in [-0.3, -0.25) is 4.79 Å². The van der Waals surface area contributed by atoms with Gasteiger partial charge in [0.05, 0.1) is 18.1 Å². The number of benzene rings is 1. The van der Waals surface area contributed by atoms with Crippen LogP contribution in [0.3, 0.4) is 0 Å². The van der Waals surface area contributed by atoms with Crippen LogP contribution in [0.5, 0.6) is 0 Å². The minimum absolute atomic E-state index is 0.414. The van der Waals surface area contributed by atoms with Crippen molar-refractivity contribution in [1.82, 2.24) is 4.90 Å². The third kappa shape index (κ3) is 3.04. The van der Waals surface area contributed by atoms with Crippen molar-refractivity contribution in [2.45, 2.75) is 39.0 Å². The number of aliphatic hydroxyl groups is 1. The quantitative estimate of drug-likeness (QED) is 0.868. The molecule has 0 aliphatic carbocycles. The molecule has 4 atom stereocenters. The Balaban J connectivity index is 2.18. The van der Waals surface area contributed by atoms with E-state index in [0.717, 1.165) is 10.5 Å². The van der Waals surface area contributed by atoms with Crippen LogP contribution in [0.2, 0.25) is 0 Å². The largest absolute Gasteiger partial charge is 0.439 e. The fourth-order valence-electron chi connectivity index (χ4n) is 2.57. The molecule has 1 heterocycles. The molecule has 118 valence electrons. The molecule has 1 aromatic rings. The van der Waals surface area contributed by atoms with Crippen LogP contribution in [-0.2, 0) is 9.53 Å². The van der Waals surface area contributed by atoms with Gasteiger partial charge in [-0.1, -0.05) is 49.4 Å². The van der Waals surface area contributed by atoms with E-state index in [9.17, 15) is 14.7 Å². The summed E-state index contributed by atoms with van der Waals surface area (Å²) in [5.74, 6) is -1.14. The van der Waals surface area contributed by atoms with E-state index in [0.29, 0.717) is 0 Å². The monoisotopic (exact) mass is 303 g/mol. The Morgan fingerprint density at radius 2 is 2.00 bits per heavy atom. The third-order valence-electron chi connectivity index (χ3n) is 3.93. The van der Waals surface area contributed by atoms with Crippen LogP contribution in [0, 0.1) is 5.92 Å². The highest BCUT2D eigenvalue weighted by Gasteiger charge is 2.45. The summed E-state index contributed by atoms with van der Waals surface area (Å²) in [5.41, 5.74) is 0.848. The summed E-state index contributed by atoms with van der Waals surface area (Å²) < 4.78 is 5.35. The summed E-state index contributed by atoms with van der Waals surface area (Å²) in [5, 5.41) is 9.92. The predicted octanol–water partition coefficient (Wildman–Crippen LogP) is 2.67. The Morgan fingerprint density at radius 1 is 1.36 bits per heavy atom. The van der Waals surface area contributed by atoms with Gasteiger partial charge in [0.25, 0.3) is 0 Å². The van der Waals surface area contributed by atoms with Gasteiger partial charge in [-0.05, 0) is 19.4 Å². The summed E-state index contributed by atoms with van der Waals surface area (Å²) in [6, 6.07) is 8.91. The van der Waals surface area contributed by atoms with Gasteiger partial charge >= 0.3 is 6.09 Å². The van der Waals surface area contributed by atoms with Crippen molar-refractivity contribution >= 4 is 12.0 Å². The van der Waals surface area contributed by atoms with Crippen LogP contribution in [0.4, 0.5) is 4.79 Å². The first-order valence-corrected chi connectivity index (χ1v) is 7.37. The van der Waals surface area contributed by atoms with E-state index >= 15 is 0 Å². The molecular weight excluding hydrogens is 282 g/mol. The van der Waals surface area contributed by atoms with Crippen LogP contribution in [0.1, 0.15) is 32.4 Å². The Kier molecular flexibility index (Phi) is 4.98. The summed E-state index contributed by atoms with van der Waals surface area (Å²) in [7, 11) is 0. The molecule has 5 heteroatoms. The predicted molar refractivity (Wildman–Crippen MR) is 82.0 cm³/mol. The van der Waals surface area contributed by atoms with E-state index in [4.69, 9.17) is 4.74 Å². The number of amides is 2. The standard InChI is InChI=1S/C17H21NO4/c1-4-8-14(19)11(2)16(20)18-12(3)15(22-17(18)21)13-9-6-5-7-10-13/h4-12,14-15,19H,1-3H3/b8-4+/t11-,12-,14+,15-/m1/s1. The molecule has 0 radical (unpaired) electrons. The Morgan fingerprint density at radius 3 is 2.59 bits per heavy atom. The number of cyclic esters (lactones) is 1. The number of imide groups is 1. The molecule has 0 unspecified atom stereocenters. The number of hydrogen-bond donors (Lipinski definition) is 1. The zero-order chi connectivity index (χ0) is 16.3. The van der Waals surface area contributed by atoms with Gasteiger partial charge in [0.2, 0.25) is 5.91 Å². The van der Waals surface area contributed by atoms with Gasteiger partial charge in [-0.25, -0.2) is 9.69 Å². The molecule has 2 rings (SSSR count). The number of hydrogen-bond acceptors (Lipinski definition) is 4. The highest BCUT2D eigenvalue weighted by atomic mass is 16.6. The first-order valence-electron chi connectivity index (χ1n) is 7.37. The van der Waals surface area contributed by atoms with Crippen molar-refractivity contribution in [1.29, 1.82) is 0 Å². The molecular formula is C17H21NO4. The van der Waals surface area contributed by atoms with Gasteiger partial charge < -0.3 is 9.84 Å². The molecule has 22 heavy (non-hydrogen) atoms. The minimum Gasteiger partial charge on any atom is -0.439 e. The van der Waals surface area contributed by atoms with Crippen LogP contribution < -0.4 is 0 Å². The molecule has 5 nitrogen and oxygen atoms in total. The fraction of sp³-hybridized carbons (Fsp3) is 0.412. The maximum absolute atomic E-state index is 12.5. The summed E-state index contributed by atoms with van der Waals surface area (Å²) in [6.07, 6.45) is 1.14. The van der Waals surface area contributed by atoms with Crippen molar-refractivity contribution < 1.29 is 19.4 Å². The Labute approximate surface area is 130 Å². The van der Waals surface area contributed by atoms with Gasteiger partial charge in [0.15, 0.2) is 0 Å². The molecule has 1 saturated heterocycles. The Hall–Kier alpha value is -2.14. The maximum atomic E-state index is 12.5. The van der Waals surface area contributed by atoms with Crippen LogP contribution >= 0.6 is 0 Å². The molecule has 1 fully saturated rings. The lowest BCUT2D eigenvalue weighted by Gasteiger charge is -2.24. The molecule has 0 saturated carbocycles. The number of carbonyl (C=O) groups excluding carboxylic acids is 2. The molecule has 1 aromatic carbocycles. The van der Waals surface area contributed by atoms with E-state index in [1.807, 2.05) is 30.3 Å². The van der Waals surface area contributed by atoms with Gasteiger partial charge in [-0.15, -0.1) is 0 Å². The number of aliphatic hydroxyl groups excluding tert-OH is 1. The number of allylic oxidation sites excluding steroid dienone is 1. The average molecular weight is 303 g/mol. The highest BCUT2D eigenvalue weighted by molar-refractivity contribution is 5.95. The second kappa shape index (κ2) is 6.75. The first kappa shape index (κ1) is 16.2. The Bertz CT molecular complexity index is 569. The topological polar surface area (TPSA) is 66.8 Å². The normalized spacial score (nSPS) is 24.4. The number of ether oxygens (including phenoxy) is 1. The molecule has 0 bridgehead atoms. The van der Waals surface area contributed by atoms with Gasteiger partial charge in [-0.2, -0.15) is 0 Å². The smallest absolute Gasteiger partial charge is 0.417 e. The van der Waals surface area contributed by atoms with E-state index in [2.05, 4.69) is 0 Å². The van der Waals surface area contributed by atoms with Gasteiger partial charge in [0.1, 0.15) is 6.10 Å². The van der Waals surface area contributed by atoms with E-state index in [1.54, 1.807) is 26.8 Å². The van der Waals surface area contributed by atoms with Crippen LogP contribution in [-0.4, -0.2) is 34.2 Å². The SMILES string of the molecule is C/C=C/[C@H](O)[C@@H](C)C(=O)N1C(=O)O[C@@H](c2ccccc2)[C@H]1C. The van der Waals surface area contributed by atoms with Crippen LogP contribution in [0.15, 0.2) is 42.5 Å². The van der Waals surface area contributed by atoms with Crippen molar-refractivity contribution in [3.05, 3.63) is 48.0 Å². The molecule has 0 spiro atoms. The van der Waals surface area contributed by atoms with Gasteiger partial charge in [0, 0.05) is 0 Å². The van der Waals surface area contributed by atoms with Crippen molar-refractivity contribution in [3.63, 3.8) is 0 Å². The van der Waals surface area contributed by atoms with Crippen LogP contribution in [0.25, 0.3) is 0 Å². The second-order valence-electron chi connectivity index (χ2n) is 5.47. The van der Waals surface area contributed by atoms with Crippen molar-refractivity contribution in [2.24, 2.45) is 5.92 Å². The van der Waals surface area contributed by atoms with Crippen molar-refractivity contribution in [2.75, 3.05) is 0 Å². The van der Waals surface area contributed by atoms with E-state index in [-0.39, 0.29) is 0 Å². The zero-order valence-electron chi connectivity index (χ0n) is 13.0. The highest BCUT2D eigenvalue weighted by Crippen LogP contribution is 2.33. The summed E-state index contributed by atoms with van der Waals surface area (Å²) in [6.45, 7) is 5.14. The summed E-state index contributed by atoms with van der Waals surface area (Å²) in [4.78, 5) is 25.7. The average Bonchev–Trinajstić information content (AvgIpc) is 2.82. The number of nitrogens with zero attached hydrogens (tertiary/aromatic N) is 1. The molecule has 1 aliphatic rings. The van der Waals surface area contributed by atoms with Crippen molar-refractivity contribution in [3.8, 4) is 0 Å². The molecule has 1 N–H and O–H groups in total. The maximum Gasteiger partial charge on any atom is 0.417 e. The molecule has 1 aliphatic heterocycles. The lowest BCUT2D eigenvalue weighted by atomic mass is 9.99.